The van der Waals surface area contributed by atoms with E-state index in [1.54, 1.807) is 49.4 Å². The number of phenols is 1. The summed E-state index contributed by atoms with van der Waals surface area (Å²) < 4.78 is 19.6. The number of halogens is 2. The van der Waals surface area contributed by atoms with E-state index in [1.807, 2.05) is 26.8 Å². The van der Waals surface area contributed by atoms with Crippen LogP contribution in [-0.4, -0.2) is 50.8 Å². The first-order valence-electron chi connectivity index (χ1n) is 16.5. The molecule has 3 aromatic carbocycles. The monoisotopic (exact) mass is 685 g/mol. The van der Waals surface area contributed by atoms with Gasteiger partial charge < -0.3 is 9.84 Å². The fraction of sp³-hybridized carbons (Fsp3) is 0.368. The summed E-state index contributed by atoms with van der Waals surface area (Å²) in [5.74, 6) is -6.05. The quantitative estimate of drug-likeness (QED) is 0.229. The van der Waals surface area contributed by atoms with E-state index in [0.717, 1.165) is 5.01 Å². The molecule has 254 valence electrons. The number of nitrogens with one attached hydrogen (secondary N) is 1. The smallest absolute Gasteiger partial charge is 0.260 e. The summed E-state index contributed by atoms with van der Waals surface area (Å²) in [4.78, 5) is 59.3. The van der Waals surface area contributed by atoms with Crippen LogP contribution in [0.1, 0.15) is 57.6 Å². The molecule has 9 nitrogen and oxygen atoms in total. The number of fused-ring (bicyclic) bond motifs is 4. The molecule has 7 rings (SSSR count). The molecule has 6 atom stereocenters. The lowest BCUT2D eigenvalue weighted by molar-refractivity contribution is -0.146. The summed E-state index contributed by atoms with van der Waals surface area (Å²) in [6.45, 7) is 7.52. The van der Waals surface area contributed by atoms with Gasteiger partial charge in [-0.2, -0.15) is 5.01 Å². The van der Waals surface area contributed by atoms with E-state index >= 15 is 4.79 Å². The summed E-state index contributed by atoms with van der Waals surface area (Å²) in [5, 5.41) is 13.2. The maximum absolute atomic E-state index is 15.2. The average molecular weight is 686 g/mol. The Balaban J connectivity index is 1.48. The summed E-state index contributed by atoms with van der Waals surface area (Å²) in [5.41, 5.74) is 2.44. The van der Waals surface area contributed by atoms with Crippen LogP contribution in [0.5, 0.6) is 11.5 Å². The second kappa shape index (κ2) is 11.7. The molecule has 49 heavy (non-hydrogen) atoms. The second-order valence-electron chi connectivity index (χ2n) is 14.2. The predicted octanol–water partition coefficient (Wildman–Crippen LogP) is 6.37. The number of carbonyl (C=O) groups excluding carboxylic acids is 4. The molecule has 2 N–H and O–H groups in total. The van der Waals surface area contributed by atoms with Crippen molar-refractivity contribution in [1.82, 2.24) is 9.91 Å². The number of carbonyl (C=O) groups is 4. The van der Waals surface area contributed by atoms with Crippen LogP contribution in [-0.2, 0) is 24.6 Å². The van der Waals surface area contributed by atoms with Crippen molar-refractivity contribution in [3.8, 4) is 11.5 Å². The number of rotatable bonds is 6. The number of nitrogens with zero attached hydrogens (tertiary/aromatic N) is 2. The van der Waals surface area contributed by atoms with E-state index in [-0.39, 0.29) is 42.8 Å². The fourth-order valence-electron chi connectivity index (χ4n) is 8.71. The lowest BCUT2D eigenvalue weighted by Crippen LogP contribution is -2.53. The molecular formula is C38H37ClFN3O6. The normalized spacial score (nSPS) is 27.9. The Labute approximate surface area is 288 Å². The first kappa shape index (κ1) is 32.8. The van der Waals surface area contributed by atoms with Crippen LogP contribution in [0.2, 0.25) is 5.02 Å². The number of para-hydroxylation sites is 1. The fourth-order valence-corrected chi connectivity index (χ4v) is 8.83. The zero-order valence-electron chi connectivity index (χ0n) is 27.6. The molecule has 0 aromatic heterocycles. The molecule has 4 amide bonds. The molecular weight excluding hydrogens is 649 g/mol. The number of imide groups is 2. The van der Waals surface area contributed by atoms with E-state index < -0.39 is 58.2 Å². The molecule has 3 fully saturated rings. The highest BCUT2D eigenvalue weighted by atomic mass is 35.5. The van der Waals surface area contributed by atoms with Crippen molar-refractivity contribution in [1.29, 1.82) is 0 Å². The zero-order chi connectivity index (χ0) is 35.0. The number of amides is 4. The third-order valence-electron chi connectivity index (χ3n) is 10.6. The van der Waals surface area contributed by atoms with Gasteiger partial charge in [0.15, 0.2) is 11.5 Å². The molecule has 2 heterocycles. The van der Waals surface area contributed by atoms with E-state index in [9.17, 15) is 23.9 Å². The minimum absolute atomic E-state index is 0.0984. The van der Waals surface area contributed by atoms with Crippen LogP contribution >= 0.6 is 11.6 Å². The van der Waals surface area contributed by atoms with Crippen molar-refractivity contribution >= 4 is 40.9 Å². The standard InChI is InChI=1S/C38H37ClFN3O6/c1-5-49-29-8-6-7-26(32(29)44)31-24-17-18-25-30(35(47)42(33(25)45)37(2,3)4)27(24)19-28-34(46)43(41-23-15-13-22(40)14-16-23)36(48)38(28,31)20-9-11-21(39)12-10-20/h6-17,25,27-28,30-31,41,44H,5,18-19H2,1-4H3/t25-,27+,28-,30-,31+,38+/m0/s1. The molecule has 11 heteroatoms. The summed E-state index contributed by atoms with van der Waals surface area (Å²) in [6.07, 6.45) is 2.29. The maximum Gasteiger partial charge on any atom is 0.260 e. The number of hydrazine groups is 1. The second-order valence-corrected chi connectivity index (χ2v) is 14.6. The van der Waals surface area contributed by atoms with Crippen LogP contribution in [0.15, 0.2) is 78.4 Å². The van der Waals surface area contributed by atoms with E-state index in [1.165, 1.54) is 29.2 Å². The number of anilines is 1. The van der Waals surface area contributed by atoms with Crippen molar-refractivity contribution in [2.45, 2.75) is 57.4 Å². The third-order valence-corrected chi connectivity index (χ3v) is 10.8. The van der Waals surface area contributed by atoms with Gasteiger partial charge in [-0.25, -0.2) is 4.39 Å². The van der Waals surface area contributed by atoms with Crippen molar-refractivity contribution in [2.75, 3.05) is 12.0 Å². The van der Waals surface area contributed by atoms with Crippen molar-refractivity contribution in [2.24, 2.45) is 23.7 Å². The Morgan fingerprint density at radius 1 is 0.959 bits per heavy atom. The first-order chi connectivity index (χ1) is 23.3. The van der Waals surface area contributed by atoms with Crippen LogP contribution in [0.4, 0.5) is 10.1 Å². The highest BCUT2D eigenvalue weighted by molar-refractivity contribution is 6.30. The number of hydrogen-bond donors (Lipinski definition) is 2. The van der Waals surface area contributed by atoms with Crippen LogP contribution in [0.3, 0.4) is 0 Å². The molecule has 2 saturated heterocycles. The van der Waals surface area contributed by atoms with Gasteiger partial charge in [-0.05, 0) is 94.5 Å². The molecule has 1 saturated carbocycles. The predicted molar refractivity (Wildman–Crippen MR) is 180 cm³/mol. The molecule has 0 radical (unpaired) electrons. The van der Waals surface area contributed by atoms with Gasteiger partial charge >= 0.3 is 0 Å². The van der Waals surface area contributed by atoms with Gasteiger partial charge in [-0.3, -0.25) is 29.5 Å². The van der Waals surface area contributed by atoms with Gasteiger partial charge in [-0.1, -0.05) is 47.5 Å². The Bertz CT molecular complexity index is 1910. The number of likely N-dealkylation sites (tertiary alicyclic amines) is 1. The average Bonchev–Trinajstić information content (AvgIpc) is 3.45. The SMILES string of the molecule is CCOc1cccc([C@H]2C3=CC[C@@H]4C(=O)N(C(C)(C)C)C(=O)[C@@H]4[C@@H]3C[C@H]3C(=O)N(Nc4ccc(F)cc4)C(=O)[C@@]23c2ccc(Cl)cc2)c1O. The van der Waals surface area contributed by atoms with Gasteiger partial charge in [0.25, 0.3) is 11.8 Å². The van der Waals surface area contributed by atoms with Gasteiger partial charge in [0.1, 0.15) is 5.82 Å². The minimum atomic E-state index is -1.61. The van der Waals surface area contributed by atoms with Gasteiger partial charge in [0.05, 0.1) is 35.5 Å². The van der Waals surface area contributed by atoms with Gasteiger partial charge in [0, 0.05) is 22.0 Å². The molecule has 2 aliphatic carbocycles. The molecule has 0 bridgehead atoms. The lowest BCUT2D eigenvalue weighted by Gasteiger charge is -2.50. The Morgan fingerprint density at radius 2 is 1.65 bits per heavy atom. The summed E-state index contributed by atoms with van der Waals surface area (Å²) in [7, 11) is 0. The topological polar surface area (TPSA) is 116 Å². The van der Waals surface area contributed by atoms with Gasteiger partial charge in [0.2, 0.25) is 11.8 Å². The third kappa shape index (κ3) is 4.86. The maximum atomic E-state index is 15.2. The summed E-state index contributed by atoms with van der Waals surface area (Å²) >= 11 is 6.34. The number of aromatic hydroxyl groups is 1. The Kier molecular flexibility index (Phi) is 7.85. The van der Waals surface area contributed by atoms with Gasteiger partial charge in [-0.15, -0.1) is 0 Å². The molecule has 3 aromatic rings. The van der Waals surface area contributed by atoms with Crippen LogP contribution in [0, 0.1) is 29.5 Å². The van der Waals surface area contributed by atoms with Crippen LogP contribution < -0.4 is 10.2 Å². The Hall–Kier alpha value is -4.70. The molecule has 0 unspecified atom stereocenters. The highest BCUT2D eigenvalue weighted by Crippen LogP contribution is 2.65. The lowest BCUT2D eigenvalue weighted by atomic mass is 9.49. The van der Waals surface area contributed by atoms with E-state index in [4.69, 9.17) is 16.3 Å². The number of benzene rings is 3. The van der Waals surface area contributed by atoms with Crippen molar-refractivity contribution in [3.05, 3.63) is 100 Å². The van der Waals surface area contributed by atoms with E-state index in [0.29, 0.717) is 27.4 Å². The van der Waals surface area contributed by atoms with E-state index in [2.05, 4.69) is 5.43 Å². The number of ether oxygens (including phenoxy) is 1. The zero-order valence-corrected chi connectivity index (χ0v) is 28.3. The Morgan fingerprint density at radius 3 is 2.31 bits per heavy atom. The van der Waals surface area contributed by atoms with Crippen molar-refractivity contribution in [3.63, 3.8) is 0 Å². The first-order valence-corrected chi connectivity index (χ1v) is 16.9. The molecule has 0 spiro atoms. The largest absolute Gasteiger partial charge is 0.504 e. The number of phenolic OH excluding ortho intramolecular Hbond substituents is 1. The number of hydrogen-bond acceptors (Lipinski definition) is 7. The molecule has 4 aliphatic rings. The minimum Gasteiger partial charge on any atom is -0.504 e. The van der Waals surface area contributed by atoms with Crippen LogP contribution in [0.25, 0.3) is 0 Å². The molecule has 2 aliphatic heterocycles. The summed E-state index contributed by atoms with van der Waals surface area (Å²) in [6, 6.07) is 17.1. The number of allylic oxidation sites excluding steroid dienone is 2. The van der Waals surface area contributed by atoms with Crippen molar-refractivity contribution < 1.29 is 33.4 Å². The highest BCUT2D eigenvalue weighted by Gasteiger charge is 2.71.